The van der Waals surface area contributed by atoms with Gasteiger partial charge in [0.05, 0.1) is 30.5 Å². The molecular weight excluding hydrogens is 400 g/mol. The molecule has 2 aliphatic heterocycles. The predicted octanol–water partition coefficient (Wildman–Crippen LogP) is 1.32. The molecule has 10 heteroatoms. The van der Waals surface area contributed by atoms with Crippen molar-refractivity contribution in [2.45, 2.75) is 44.1 Å². The van der Waals surface area contributed by atoms with E-state index < -0.39 is 32.3 Å². The second-order valence-electron chi connectivity index (χ2n) is 7.52. The predicted molar refractivity (Wildman–Crippen MR) is 103 cm³/mol. The second kappa shape index (κ2) is 9.50. The third kappa shape index (κ3) is 5.14. The van der Waals surface area contributed by atoms with Crippen LogP contribution in [-0.2, 0) is 30.9 Å². The summed E-state index contributed by atoms with van der Waals surface area (Å²) in [5.74, 6) is -2.21. The maximum absolute atomic E-state index is 13.1. The molecule has 162 valence electrons. The van der Waals surface area contributed by atoms with Gasteiger partial charge >= 0.3 is 0 Å². The van der Waals surface area contributed by atoms with Crippen LogP contribution in [0.2, 0.25) is 0 Å². The smallest absolute Gasteiger partial charge is 0.279 e. The van der Waals surface area contributed by atoms with Gasteiger partial charge in [0.15, 0.2) is 0 Å². The van der Waals surface area contributed by atoms with Crippen molar-refractivity contribution in [1.29, 1.82) is 0 Å². The van der Waals surface area contributed by atoms with Gasteiger partial charge in [0.25, 0.3) is 5.91 Å². The summed E-state index contributed by atoms with van der Waals surface area (Å²) in [6.45, 7) is 3.18. The Labute approximate surface area is 170 Å². The number of aryl methyl sites for hydroxylation is 1. The molecule has 2 unspecified atom stereocenters. The summed E-state index contributed by atoms with van der Waals surface area (Å²) >= 11 is 0. The molecule has 2 aliphatic rings. The molecule has 2 fully saturated rings. The molecule has 29 heavy (non-hydrogen) atoms. The van der Waals surface area contributed by atoms with Crippen molar-refractivity contribution in [3.8, 4) is 0 Å². The fraction of sp³-hybridized carbons (Fsp3) is 0.632. The summed E-state index contributed by atoms with van der Waals surface area (Å²) in [7, 11) is -3.78. The van der Waals surface area contributed by atoms with Gasteiger partial charge in [-0.15, -0.1) is 0 Å². The molecule has 1 aromatic carbocycles. The van der Waals surface area contributed by atoms with Gasteiger partial charge in [-0.1, -0.05) is 29.5 Å². The van der Waals surface area contributed by atoms with E-state index in [1.807, 2.05) is 31.2 Å². The Kier molecular flexibility index (Phi) is 7.25. The quantitative estimate of drug-likeness (QED) is 0.518. The van der Waals surface area contributed by atoms with E-state index in [9.17, 15) is 13.2 Å². The minimum atomic E-state index is -3.78. The molecule has 0 saturated carbocycles. The zero-order chi connectivity index (χ0) is 21.0. The number of hydrogen-bond acceptors (Lipinski definition) is 7. The lowest BCUT2D eigenvalue weighted by atomic mass is 10.0. The van der Waals surface area contributed by atoms with E-state index in [-0.39, 0.29) is 25.7 Å². The van der Waals surface area contributed by atoms with E-state index >= 15 is 0 Å². The molecule has 0 aliphatic carbocycles. The fourth-order valence-corrected chi connectivity index (χ4v) is 5.98. The van der Waals surface area contributed by atoms with Gasteiger partial charge in [-0.25, -0.2) is 12.7 Å². The number of sulfonamides is 1. The highest BCUT2D eigenvalue weighted by molar-refractivity contribution is 7.89. The van der Waals surface area contributed by atoms with Gasteiger partial charge in [-0.3, -0.25) is 15.2 Å². The van der Waals surface area contributed by atoms with E-state index in [1.54, 1.807) is 0 Å². The van der Waals surface area contributed by atoms with Crippen molar-refractivity contribution in [3.63, 3.8) is 0 Å². The maximum Gasteiger partial charge on any atom is 0.279 e. The zero-order valence-corrected chi connectivity index (χ0v) is 17.3. The van der Waals surface area contributed by atoms with Crippen molar-refractivity contribution in [2.75, 3.05) is 26.3 Å². The third-order valence-corrected chi connectivity index (χ3v) is 8.10. The van der Waals surface area contributed by atoms with Crippen LogP contribution < -0.4 is 0 Å². The first kappa shape index (κ1) is 22.1. The Morgan fingerprint density at radius 3 is 2.59 bits per heavy atom. The number of hydrogen-bond donors (Lipinski definition) is 2. The molecule has 2 atom stereocenters. The van der Waals surface area contributed by atoms with Crippen LogP contribution in [-0.4, -0.2) is 71.9 Å². The lowest BCUT2D eigenvalue weighted by molar-refractivity contribution is -0.289. The van der Waals surface area contributed by atoms with Crippen molar-refractivity contribution >= 4 is 15.9 Å². The first-order valence-corrected chi connectivity index (χ1v) is 11.3. The maximum atomic E-state index is 13.1. The summed E-state index contributed by atoms with van der Waals surface area (Å²) in [5, 5.41) is 16.5. The second-order valence-corrected chi connectivity index (χ2v) is 9.67. The van der Waals surface area contributed by atoms with Crippen LogP contribution in [0.4, 0.5) is 0 Å². The van der Waals surface area contributed by atoms with Gasteiger partial charge in [-0.05, 0) is 37.3 Å². The van der Waals surface area contributed by atoms with E-state index in [4.69, 9.17) is 19.9 Å². The van der Waals surface area contributed by atoms with Crippen LogP contribution in [0.1, 0.15) is 30.4 Å². The summed E-state index contributed by atoms with van der Waals surface area (Å²) < 4.78 is 38.8. The number of piperidine rings is 1. The lowest BCUT2D eigenvalue weighted by Crippen LogP contribution is -2.53. The van der Waals surface area contributed by atoms with Crippen molar-refractivity contribution < 1.29 is 33.1 Å². The molecule has 0 aromatic heterocycles. The van der Waals surface area contributed by atoms with Gasteiger partial charge in [-0.2, -0.15) is 0 Å². The summed E-state index contributed by atoms with van der Waals surface area (Å²) in [5.41, 5.74) is 2.27. The Morgan fingerprint density at radius 1 is 1.24 bits per heavy atom. The average Bonchev–Trinajstić information content (AvgIpc) is 2.73. The van der Waals surface area contributed by atoms with Crippen LogP contribution in [0.3, 0.4) is 0 Å². The summed E-state index contributed by atoms with van der Waals surface area (Å²) in [6, 6.07) is 7.98. The van der Waals surface area contributed by atoms with Crippen LogP contribution in [0.5, 0.6) is 0 Å². The number of carbonyl (C=O) groups is 1. The number of benzene rings is 1. The molecule has 0 bridgehead atoms. The van der Waals surface area contributed by atoms with Gasteiger partial charge in [0.1, 0.15) is 0 Å². The Morgan fingerprint density at radius 2 is 1.93 bits per heavy atom. The van der Waals surface area contributed by atoms with Crippen molar-refractivity contribution in [1.82, 2.24) is 9.53 Å². The number of hydroxylamine groups is 2. The highest BCUT2D eigenvalue weighted by Crippen LogP contribution is 2.29. The van der Waals surface area contributed by atoms with Crippen LogP contribution in [0.25, 0.3) is 0 Å². The molecule has 0 radical (unpaired) electrons. The van der Waals surface area contributed by atoms with Crippen molar-refractivity contribution in [3.05, 3.63) is 35.4 Å². The molecule has 9 nitrogen and oxygen atoms in total. The van der Waals surface area contributed by atoms with Gasteiger partial charge in [0.2, 0.25) is 10.0 Å². The van der Waals surface area contributed by atoms with E-state index in [0.29, 0.717) is 32.5 Å². The molecule has 2 N–H and O–H groups in total. The molecule has 0 spiro atoms. The molecule has 3 rings (SSSR count). The topological polar surface area (TPSA) is 117 Å². The largest absolute Gasteiger partial charge is 0.381 e. The normalized spacial score (nSPS) is 24.4. The Balaban J connectivity index is 1.58. The van der Waals surface area contributed by atoms with Crippen LogP contribution in [0, 0.1) is 12.8 Å². The van der Waals surface area contributed by atoms with E-state index in [1.165, 1.54) is 4.31 Å². The number of ether oxygens (including phenoxy) is 2. The molecular formula is C19H28N2O7S. The van der Waals surface area contributed by atoms with Gasteiger partial charge in [0, 0.05) is 19.7 Å². The minimum absolute atomic E-state index is 0.0291. The SMILES string of the molecule is Cc1ccccc1COC1CCN(S(=O)(=O)C2CCOCC2C(=O)N(O)O)CC1. The monoisotopic (exact) mass is 428 g/mol. The third-order valence-electron chi connectivity index (χ3n) is 5.69. The highest BCUT2D eigenvalue weighted by Gasteiger charge is 2.45. The molecule has 1 aromatic rings. The van der Waals surface area contributed by atoms with Crippen molar-refractivity contribution in [2.24, 2.45) is 5.92 Å². The standard InChI is InChI=1S/C19H28N2O7S/c1-14-4-2-3-5-15(14)12-28-16-6-9-20(10-7-16)29(25,26)18-8-11-27-13-17(18)19(22)21(23)24/h2-5,16-18,23-24H,6-13H2,1H3. The highest BCUT2D eigenvalue weighted by atomic mass is 32.2. The average molecular weight is 429 g/mol. The lowest BCUT2D eigenvalue weighted by Gasteiger charge is -2.37. The molecule has 2 heterocycles. The number of nitrogens with zero attached hydrogens (tertiary/aromatic N) is 2. The van der Waals surface area contributed by atoms with Crippen LogP contribution in [0.15, 0.2) is 24.3 Å². The van der Waals surface area contributed by atoms with E-state index in [2.05, 4.69) is 0 Å². The minimum Gasteiger partial charge on any atom is -0.381 e. The molecule has 2 saturated heterocycles. The number of amides is 1. The van der Waals surface area contributed by atoms with E-state index in [0.717, 1.165) is 11.1 Å². The fourth-order valence-electron chi connectivity index (χ4n) is 3.88. The number of carbonyl (C=O) groups excluding carboxylic acids is 1. The first-order chi connectivity index (χ1) is 13.8. The Bertz CT molecular complexity index is 807. The first-order valence-electron chi connectivity index (χ1n) is 9.75. The summed E-state index contributed by atoms with van der Waals surface area (Å²) in [6.07, 6.45) is 1.24. The van der Waals surface area contributed by atoms with Gasteiger partial charge < -0.3 is 9.47 Å². The zero-order valence-electron chi connectivity index (χ0n) is 16.4. The van der Waals surface area contributed by atoms with Crippen LogP contribution >= 0.6 is 0 Å². The Hall–Kier alpha value is -1.56. The number of rotatable bonds is 6. The summed E-state index contributed by atoms with van der Waals surface area (Å²) in [4.78, 5) is 12.0. The molecule has 1 amide bonds.